The molecule has 1 saturated heterocycles. The average molecular weight is 618 g/mol. The monoisotopic (exact) mass is 617 g/mol. The molecule has 0 radical (unpaired) electrons. The maximum atomic E-state index is 12.2. The quantitative estimate of drug-likeness (QED) is 0.299. The van der Waals surface area contributed by atoms with Crippen LogP contribution in [-0.2, 0) is 23.8 Å². The Morgan fingerprint density at radius 2 is 1.26 bits per heavy atom. The fourth-order valence-corrected chi connectivity index (χ4v) is 4.03. The van der Waals surface area contributed by atoms with Gasteiger partial charge in [-0.05, 0) is 55.8 Å². The number of aliphatic carboxylic acids is 2. The molecule has 0 aliphatic carbocycles. The number of hydrogen-bond donors (Lipinski definition) is 3. The molecule has 1 heterocycles. The molecule has 1 aliphatic rings. The highest BCUT2D eigenvalue weighted by atomic mass is 35.5. The third-order valence-electron chi connectivity index (χ3n) is 6.05. The molecular weight excluding hydrogens is 589 g/mol. The molecule has 42 heavy (non-hydrogen) atoms. The molecule has 3 N–H and O–H groups in total. The number of benzene rings is 3. The van der Waals surface area contributed by atoms with Crippen LogP contribution in [0, 0.1) is 13.8 Å². The highest BCUT2D eigenvalue weighted by molar-refractivity contribution is 6.42. The van der Waals surface area contributed by atoms with Crippen molar-refractivity contribution in [1.82, 2.24) is 5.32 Å². The first-order valence-corrected chi connectivity index (χ1v) is 13.5. The Bertz CT molecular complexity index is 1330. The second kappa shape index (κ2) is 15.3. The summed E-state index contributed by atoms with van der Waals surface area (Å²) in [5.41, 5.74) is 2.87. The van der Waals surface area contributed by atoms with Crippen molar-refractivity contribution in [3.05, 3.63) is 105 Å². The molecule has 0 aromatic heterocycles. The van der Waals surface area contributed by atoms with Gasteiger partial charge in [0.25, 0.3) is 0 Å². The van der Waals surface area contributed by atoms with Crippen LogP contribution in [0.15, 0.2) is 66.7 Å². The van der Waals surface area contributed by atoms with E-state index in [1.807, 2.05) is 12.1 Å². The van der Waals surface area contributed by atoms with Gasteiger partial charge >= 0.3 is 23.9 Å². The van der Waals surface area contributed by atoms with Crippen molar-refractivity contribution in [1.29, 1.82) is 0 Å². The van der Waals surface area contributed by atoms with Gasteiger partial charge in [-0.25, -0.2) is 19.2 Å². The van der Waals surface area contributed by atoms with Crippen molar-refractivity contribution in [2.24, 2.45) is 0 Å². The summed E-state index contributed by atoms with van der Waals surface area (Å²) in [7, 11) is 0. The number of carbonyl (C=O) groups is 4. The Morgan fingerprint density at radius 1 is 0.786 bits per heavy atom. The van der Waals surface area contributed by atoms with Crippen molar-refractivity contribution in [3.63, 3.8) is 0 Å². The van der Waals surface area contributed by atoms with Crippen LogP contribution in [0.1, 0.15) is 43.5 Å². The number of hydrogen-bond acceptors (Lipinski definition) is 8. The van der Waals surface area contributed by atoms with Crippen molar-refractivity contribution in [2.45, 2.75) is 32.2 Å². The van der Waals surface area contributed by atoms with E-state index in [0.717, 1.165) is 36.4 Å². The number of halogens is 2. The second-order valence-electron chi connectivity index (χ2n) is 9.30. The molecule has 10 nitrogen and oxygen atoms in total. The number of esters is 2. The summed E-state index contributed by atoms with van der Waals surface area (Å²) in [5, 5.41) is 23.1. The minimum absolute atomic E-state index is 0.0332. The zero-order chi connectivity index (χ0) is 30.8. The van der Waals surface area contributed by atoms with Crippen LogP contribution in [0.4, 0.5) is 0 Å². The van der Waals surface area contributed by atoms with Crippen LogP contribution in [0.25, 0.3) is 0 Å². The number of carboxylic acid groups (broad SMARTS) is 2. The number of morpholine rings is 1. The topological polar surface area (TPSA) is 148 Å². The highest BCUT2D eigenvalue weighted by Gasteiger charge is 2.41. The van der Waals surface area contributed by atoms with E-state index in [9.17, 15) is 29.4 Å². The van der Waals surface area contributed by atoms with Gasteiger partial charge in [0, 0.05) is 13.1 Å². The third kappa shape index (κ3) is 9.28. The maximum absolute atomic E-state index is 12.2. The van der Waals surface area contributed by atoms with Gasteiger partial charge in [0.05, 0.1) is 33.9 Å². The molecule has 1 unspecified atom stereocenters. The van der Waals surface area contributed by atoms with Gasteiger partial charge in [-0.3, -0.25) is 0 Å². The lowest BCUT2D eigenvalue weighted by molar-refractivity contribution is -0.166. The van der Waals surface area contributed by atoms with Crippen molar-refractivity contribution >= 4 is 47.1 Å². The third-order valence-corrected chi connectivity index (χ3v) is 6.79. The Morgan fingerprint density at radius 3 is 1.64 bits per heavy atom. The first-order valence-electron chi connectivity index (χ1n) is 12.7. The summed E-state index contributed by atoms with van der Waals surface area (Å²) < 4.78 is 15.2. The zero-order valence-corrected chi connectivity index (χ0v) is 24.2. The fraction of sp³-hybridized carbons (Fsp3) is 0.267. The molecule has 0 amide bonds. The van der Waals surface area contributed by atoms with E-state index in [4.69, 9.17) is 37.4 Å². The summed E-state index contributed by atoms with van der Waals surface area (Å²) in [6, 6.07) is 17.7. The molecule has 12 heteroatoms. The minimum atomic E-state index is -2.22. The number of nitrogens with one attached hydrogen (secondary N) is 1. The molecule has 3 aromatic rings. The number of rotatable bonds is 8. The predicted molar refractivity (Wildman–Crippen MR) is 154 cm³/mol. The van der Waals surface area contributed by atoms with Gasteiger partial charge in [-0.15, -0.1) is 0 Å². The Labute approximate surface area is 252 Å². The van der Waals surface area contributed by atoms with Crippen LogP contribution < -0.4 is 5.32 Å². The highest BCUT2D eigenvalue weighted by Crippen LogP contribution is 2.27. The summed E-state index contributed by atoms with van der Waals surface area (Å²) in [4.78, 5) is 47.3. The largest absolute Gasteiger partial charge is 0.478 e. The maximum Gasteiger partial charge on any atom is 0.349 e. The number of aryl methyl sites for hydroxylation is 2. The van der Waals surface area contributed by atoms with E-state index >= 15 is 0 Å². The van der Waals surface area contributed by atoms with Gasteiger partial charge in [-0.1, -0.05) is 64.7 Å². The molecule has 3 atom stereocenters. The second-order valence-corrected chi connectivity index (χ2v) is 10.1. The summed E-state index contributed by atoms with van der Waals surface area (Å²) >= 11 is 11.8. The molecule has 0 spiro atoms. The molecule has 0 bridgehead atoms. The number of carboxylic acids is 2. The van der Waals surface area contributed by atoms with E-state index in [1.54, 1.807) is 44.2 Å². The molecule has 222 valence electrons. The lowest BCUT2D eigenvalue weighted by Crippen LogP contribution is -2.45. The Hall–Kier alpha value is -3.96. The lowest BCUT2D eigenvalue weighted by atomic mass is 10.1. The van der Waals surface area contributed by atoms with Crippen LogP contribution in [0.3, 0.4) is 0 Å². The lowest BCUT2D eigenvalue weighted by Gasteiger charge is -2.24. The van der Waals surface area contributed by atoms with Gasteiger partial charge in [0.15, 0.2) is 0 Å². The molecule has 4 rings (SSSR count). The first-order chi connectivity index (χ1) is 20.0. The Kier molecular flexibility index (Phi) is 11.9. The van der Waals surface area contributed by atoms with E-state index in [-0.39, 0.29) is 17.2 Å². The standard InChI is InChI=1S/C20H18O8.C10H11Cl2NO/c1-11-3-7-13(8-4-11)19(25)27-15(17(21)22)16(18(23)24)28-20(26)14-9-5-12(2)6-10-14;11-8-2-1-7(5-9(8)12)10-6-13-3-4-14-10/h3-10,15-16H,1-2H3,(H,21,22)(H,23,24);1-2,5,10,13H,3-4,6H2/t15-,16?;10-/m10/s1. The Balaban J connectivity index is 0.000000287. The molecular formula is C30H29Cl2NO9. The van der Waals surface area contributed by atoms with Crippen LogP contribution in [-0.4, -0.2) is 66.0 Å². The molecule has 3 aromatic carbocycles. The smallest absolute Gasteiger partial charge is 0.349 e. The van der Waals surface area contributed by atoms with Gasteiger partial charge < -0.3 is 29.7 Å². The molecule has 1 aliphatic heterocycles. The van der Waals surface area contributed by atoms with Gasteiger partial charge in [0.1, 0.15) is 0 Å². The van der Waals surface area contributed by atoms with Crippen molar-refractivity contribution in [3.8, 4) is 0 Å². The number of ether oxygens (including phenoxy) is 3. The normalized spacial score (nSPS) is 15.8. The average Bonchev–Trinajstić information content (AvgIpc) is 2.97. The van der Waals surface area contributed by atoms with Gasteiger partial charge in [0.2, 0.25) is 12.2 Å². The fourth-order valence-electron chi connectivity index (χ4n) is 3.72. The zero-order valence-electron chi connectivity index (χ0n) is 22.7. The molecule has 1 fully saturated rings. The van der Waals surface area contributed by atoms with Crippen LogP contribution in [0.5, 0.6) is 0 Å². The summed E-state index contributed by atoms with van der Waals surface area (Å²) in [6.07, 6.45) is -4.35. The first kappa shape index (κ1) is 32.6. The molecule has 0 saturated carbocycles. The van der Waals surface area contributed by atoms with Crippen molar-refractivity contribution in [2.75, 3.05) is 19.7 Å². The predicted octanol–water partition coefficient (Wildman–Crippen LogP) is 4.88. The SMILES string of the molecule is Cc1ccc(C(=O)OC(C(=O)O)[C@@H](OC(=O)c2ccc(C)cc2)C(=O)O)cc1.Clc1ccc([C@@H]2CNCCO2)cc1Cl. The van der Waals surface area contributed by atoms with Crippen LogP contribution >= 0.6 is 23.2 Å². The summed E-state index contributed by atoms with van der Waals surface area (Å²) in [5.74, 6) is -5.62. The van der Waals surface area contributed by atoms with Gasteiger partial charge in [-0.2, -0.15) is 0 Å². The van der Waals surface area contributed by atoms with E-state index in [2.05, 4.69) is 5.32 Å². The van der Waals surface area contributed by atoms with E-state index in [0.29, 0.717) is 10.0 Å². The van der Waals surface area contributed by atoms with Crippen molar-refractivity contribution < 1.29 is 43.6 Å². The minimum Gasteiger partial charge on any atom is -0.478 e. The van der Waals surface area contributed by atoms with E-state index < -0.39 is 36.1 Å². The van der Waals surface area contributed by atoms with E-state index in [1.165, 1.54) is 24.3 Å². The summed E-state index contributed by atoms with van der Waals surface area (Å²) in [6.45, 7) is 6.07. The number of carbonyl (C=O) groups excluding carboxylic acids is 2. The van der Waals surface area contributed by atoms with Crippen LogP contribution in [0.2, 0.25) is 10.0 Å².